The summed E-state index contributed by atoms with van der Waals surface area (Å²) in [7, 11) is -28.2. The van der Waals surface area contributed by atoms with Crippen molar-refractivity contribution in [3.63, 3.8) is 0 Å². The van der Waals surface area contributed by atoms with Crippen LogP contribution in [-0.4, -0.2) is 82.1 Å². The van der Waals surface area contributed by atoms with Gasteiger partial charge in [0, 0.05) is 58.5 Å². The van der Waals surface area contributed by atoms with Gasteiger partial charge in [-0.25, -0.2) is 0 Å². The average molecular weight is 567 g/mol. The van der Waals surface area contributed by atoms with Crippen LogP contribution in [0.5, 0.6) is 0 Å². The molecule has 172 valence electrons. The molecule has 6 saturated heterocycles. The Hall–Kier alpha value is 1.22. The molecule has 0 aromatic heterocycles. The first-order valence-electron chi connectivity index (χ1n) is 9.57. The molecule has 0 radical (unpaired) electrons. The van der Waals surface area contributed by atoms with E-state index in [-0.39, 0.29) is 12.7 Å². The number of rotatable bonds is 2. The third-order valence-electron chi connectivity index (χ3n) is 4.78. The molecule has 0 unspecified atom stereocenters. The third kappa shape index (κ3) is 3.90. The monoisotopic (exact) mass is 566 g/mol. The predicted octanol–water partition coefficient (Wildman–Crippen LogP) is 0.166. The lowest BCUT2D eigenvalue weighted by Crippen LogP contribution is -2.86. The summed E-state index contributed by atoms with van der Waals surface area (Å²) in [6.07, 6.45) is 0. The Bertz CT molecular complexity index is 660. The van der Waals surface area contributed by atoms with Gasteiger partial charge in [0.25, 0.3) is 0 Å². The van der Waals surface area contributed by atoms with Crippen molar-refractivity contribution in [1.82, 2.24) is 0 Å². The lowest BCUT2D eigenvalue weighted by molar-refractivity contribution is -0.0197. The van der Waals surface area contributed by atoms with Gasteiger partial charge in [0.2, 0.25) is 0 Å². The molecule has 0 aliphatic carbocycles. The fourth-order valence-corrected chi connectivity index (χ4v) is 50.2. The van der Waals surface area contributed by atoms with E-state index >= 15 is 0 Å². The quantitative estimate of drug-likeness (QED) is 0.456. The minimum Gasteiger partial charge on any atom is -0.396 e. The van der Waals surface area contributed by atoms with E-state index in [1.807, 2.05) is 0 Å². The van der Waals surface area contributed by atoms with Crippen LogP contribution in [-0.2, 0) is 49.4 Å². The summed E-state index contributed by atoms with van der Waals surface area (Å²) in [6, 6.07) is 0.0662. The van der Waals surface area contributed by atoms with E-state index in [1.165, 1.54) is 0 Å². The summed E-state index contributed by atoms with van der Waals surface area (Å²) >= 11 is 0. The van der Waals surface area contributed by atoms with E-state index in [2.05, 4.69) is 0 Å². The Kier molecular flexibility index (Phi) is 4.94. The minimum absolute atomic E-state index is 0.0662. The van der Waals surface area contributed by atoms with Gasteiger partial charge < -0.3 is 54.5 Å². The number of hydrogen-bond acceptors (Lipinski definition) is 13. The van der Waals surface area contributed by atoms with Gasteiger partial charge in [0.1, 0.15) is 0 Å². The summed E-state index contributed by atoms with van der Waals surface area (Å²) in [4.78, 5) is 0. The van der Waals surface area contributed by atoms with E-state index in [0.717, 1.165) is 0 Å². The normalized spacial score (nSPS) is 62.4. The molecular formula is C9H26O13Si8. The second kappa shape index (κ2) is 6.45. The topological polar surface area (TPSA) is 131 Å². The molecule has 6 aliphatic rings. The fourth-order valence-electron chi connectivity index (χ4n) is 4.67. The first-order valence-corrected chi connectivity index (χ1v) is 27.1. The number of hydrogen-bond donors (Lipinski definition) is 1. The maximum Gasteiger partial charge on any atom is 0.481 e. The summed E-state index contributed by atoms with van der Waals surface area (Å²) < 4.78 is 77.2. The first-order chi connectivity index (χ1) is 13.5. The van der Waals surface area contributed by atoms with Gasteiger partial charge in [-0.15, -0.1) is 0 Å². The van der Waals surface area contributed by atoms with Crippen LogP contribution in [0, 0.1) is 0 Å². The molecule has 6 rings (SSSR count). The van der Waals surface area contributed by atoms with E-state index < -0.39 is 70.4 Å². The third-order valence-corrected chi connectivity index (χ3v) is 40.5. The molecule has 0 spiro atoms. The van der Waals surface area contributed by atoms with Crippen molar-refractivity contribution < 1.29 is 54.5 Å². The first kappa shape index (κ1) is 23.0. The van der Waals surface area contributed by atoms with Crippen LogP contribution in [0.4, 0.5) is 0 Å². The number of aliphatic hydroxyl groups is 1. The van der Waals surface area contributed by atoms with Gasteiger partial charge >= 0.3 is 70.4 Å². The van der Waals surface area contributed by atoms with Crippen molar-refractivity contribution in [1.29, 1.82) is 0 Å². The second-order valence-electron chi connectivity index (χ2n) is 8.42. The minimum atomic E-state index is -3.69. The molecule has 30 heavy (non-hydrogen) atoms. The maximum absolute atomic E-state index is 9.83. The molecule has 0 aromatic carbocycles. The maximum atomic E-state index is 9.83. The van der Waals surface area contributed by atoms with Gasteiger partial charge in [0.15, 0.2) is 0 Å². The van der Waals surface area contributed by atoms with Crippen LogP contribution < -0.4 is 0 Å². The standard InChI is InChI=1S/C9H26O13Si8/c1-23-11-24(2)14-27(5)16-25(3,12-23)18-29(7)19-26(4,13-23)17-28(6,15-24)21-30(20-27,22-29)9-8-10/h10H,8-9H2,1-7H3. The Morgan fingerprint density at radius 3 is 0.800 bits per heavy atom. The fraction of sp³-hybridized carbons (Fsp3) is 1.00. The molecule has 13 nitrogen and oxygen atoms in total. The highest BCUT2D eigenvalue weighted by atomic mass is 28.6. The summed E-state index contributed by atoms with van der Waals surface area (Å²) in [5.74, 6) is 0. The van der Waals surface area contributed by atoms with Crippen LogP contribution in [0.25, 0.3) is 0 Å². The van der Waals surface area contributed by atoms with Crippen LogP contribution in [0.1, 0.15) is 0 Å². The van der Waals surface area contributed by atoms with E-state index in [0.29, 0.717) is 0 Å². The molecule has 8 bridgehead atoms. The van der Waals surface area contributed by atoms with Gasteiger partial charge in [-0.2, -0.15) is 0 Å². The molecule has 0 amide bonds. The van der Waals surface area contributed by atoms with E-state index in [9.17, 15) is 5.11 Å². The van der Waals surface area contributed by atoms with Crippen LogP contribution in [0.15, 0.2) is 0 Å². The summed E-state index contributed by atoms with van der Waals surface area (Å²) in [5, 5.41) is 9.83. The van der Waals surface area contributed by atoms with Crippen molar-refractivity contribution >= 4 is 70.4 Å². The highest BCUT2D eigenvalue weighted by Gasteiger charge is 2.78. The van der Waals surface area contributed by atoms with Crippen molar-refractivity contribution in [2.45, 2.75) is 51.9 Å². The highest BCUT2D eigenvalue weighted by molar-refractivity contribution is 7.02. The van der Waals surface area contributed by atoms with Gasteiger partial charge in [-0.3, -0.25) is 0 Å². The lowest BCUT2D eigenvalue weighted by Gasteiger charge is -2.60. The predicted molar refractivity (Wildman–Crippen MR) is 112 cm³/mol. The Balaban J connectivity index is 1.78. The van der Waals surface area contributed by atoms with Crippen LogP contribution in [0.3, 0.4) is 0 Å². The molecule has 21 heteroatoms. The largest absolute Gasteiger partial charge is 0.481 e. The van der Waals surface area contributed by atoms with E-state index in [1.54, 1.807) is 45.8 Å². The molecule has 1 N–H and O–H groups in total. The summed E-state index contributed by atoms with van der Waals surface area (Å²) in [5.41, 5.74) is 0. The zero-order valence-electron chi connectivity index (χ0n) is 17.8. The SMILES string of the molecule is C[Si]12O[Si]3(C)O[Si]4(C)O[Si](C)(O1)O[Si]1(C)O[Si](C)(O2)O[Si](C)(O3)O[Si](CCO)(O4)O1. The Labute approximate surface area is 183 Å². The van der Waals surface area contributed by atoms with E-state index in [4.69, 9.17) is 49.4 Å². The molecule has 0 aromatic rings. The molecule has 6 fully saturated rings. The number of aliphatic hydroxyl groups excluding tert-OH is 1. The summed E-state index contributed by atoms with van der Waals surface area (Å²) in [6.45, 7) is 11.7. The molecule has 0 saturated carbocycles. The Morgan fingerprint density at radius 2 is 0.600 bits per heavy atom. The zero-order chi connectivity index (χ0) is 21.9. The van der Waals surface area contributed by atoms with Crippen LogP contribution in [0.2, 0.25) is 51.9 Å². The zero-order valence-corrected chi connectivity index (χ0v) is 25.8. The molecular weight excluding hydrogens is 541 g/mol. The van der Waals surface area contributed by atoms with Crippen LogP contribution >= 0.6 is 0 Å². The lowest BCUT2D eigenvalue weighted by atomic mass is 10.9. The average Bonchev–Trinajstić information content (AvgIpc) is 2.34. The van der Waals surface area contributed by atoms with Crippen molar-refractivity contribution in [3.8, 4) is 0 Å². The smallest absolute Gasteiger partial charge is 0.396 e. The van der Waals surface area contributed by atoms with Gasteiger partial charge in [0.05, 0.1) is 0 Å². The molecule has 6 heterocycles. The van der Waals surface area contributed by atoms with Crippen molar-refractivity contribution in [2.75, 3.05) is 6.61 Å². The van der Waals surface area contributed by atoms with Gasteiger partial charge in [-0.1, -0.05) is 0 Å². The van der Waals surface area contributed by atoms with Crippen molar-refractivity contribution in [3.05, 3.63) is 0 Å². The second-order valence-corrected chi connectivity index (χ2v) is 32.2. The molecule has 6 aliphatic heterocycles. The van der Waals surface area contributed by atoms with Gasteiger partial charge in [-0.05, 0) is 0 Å². The van der Waals surface area contributed by atoms with Crippen molar-refractivity contribution in [2.24, 2.45) is 0 Å². The Morgan fingerprint density at radius 1 is 0.400 bits per heavy atom. The highest BCUT2D eigenvalue weighted by Crippen LogP contribution is 2.48. The molecule has 0 atom stereocenters.